The lowest BCUT2D eigenvalue weighted by Crippen LogP contribution is -2.25. The quantitative estimate of drug-likeness (QED) is 0.644. The molecule has 1 aromatic carbocycles. The Morgan fingerprint density at radius 2 is 2.17 bits per heavy atom. The van der Waals surface area contributed by atoms with Crippen LogP contribution in [-0.4, -0.2) is 29.1 Å². The summed E-state index contributed by atoms with van der Waals surface area (Å²) in [5.41, 5.74) is 0.770. The average molecular weight is 366 g/mol. The van der Waals surface area contributed by atoms with Crippen molar-refractivity contribution in [2.75, 3.05) is 6.54 Å². The molecule has 0 unspecified atom stereocenters. The van der Waals surface area contributed by atoms with E-state index in [2.05, 4.69) is 9.71 Å². The average Bonchev–Trinajstić information content (AvgIpc) is 3.17. The molecule has 7 nitrogen and oxygen atoms in total. The van der Waals surface area contributed by atoms with Gasteiger partial charge < -0.3 is 4.57 Å². The fourth-order valence-electron chi connectivity index (χ4n) is 2.48. The van der Waals surface area contributed by atoms with Gasteiger partial charge in [-0.2, -0.15) is 0 Å². The Morgan fingerprint density at radius 3 is 2.88 bits per heavy atom. The molecule has 0 bridgehead atoms. The normalized spacial score (nSPS) is 12.0. The Morgan fingerprint density at radius 1 is 1.33 bits per heavy atom. The predicted octanol–water partition coefficient (Wildman–Crippen LogP) is 1.65. The van der Waals surface area contributed by atoms with Crippen LogP contribution in [-0.2, 0) is 23.1 Å². The van der Waals surface area contributed by atoms with Crippen LogP contribution in [0.2, 0.25) is 0 Å². The summed E-state index contributed by atoms with van der Waals surface area (Å²) in [7, 11) is -3.58. The molecule has 9 heteroatoms. The molecule has 3 rings (SSSR count). The summed E-state index contributed by atoms with van der Waals surface area (Å²) >= 11 is 1.07. The summed E-state index contributed by atoms with van der Waals surface area (Å²) < 4.78 is 31.6. The van der Waals surface area contributed by atoms with Crippen molar-refractivity contribution in [2.24, 2.45) is 0 Å². The van der Waals surface area contributed by atoms with Gasteiger partial charge in [-0.05, 0) is 31.5 Å². The summed E-state index contributed by atoms with van der Waals surface area (Å²) in [4.78, 5) is 15.9. The molecule has 2 aromatic heterocycles. The van der Waals surface area contributed by atoms with Crippen molar-refractivity contribution < 1.29 is 8.42 Å². The molecule has 0 aliphatic rings. The number of benzene rings is 1. The molecule has 2 heterocycles. The minimum Gasteiger partial charge on any atom is -0.337 e. The molecule has 128 valence electrons. The van der Waals surface area contributed by atoms with Crippen molar-refractivity contribution in [1.82, 2.24) is 18.8 Å². The van der Waals surface area contributed by atoms with E-state index in [4.69, 9.17) is 0 Å². The van der Waals surface area contributed by atoms with E-state index in [1.807, 2.05) is 17.7 Å². The first-order valence-electron chi connectivity index (χ1n) is 7.60. The van der Waals surface area contributed by atoms with Gasteiger partial charge in [0.25, 0.3) is 0 Å². The Kier molecular flexibility index (Phi) is 4.83. The Labute approximate surface area is 143 Å². The highest BCUT2D eigenvalue weighted by atomic mass is 32.2. The van der Waals surface area contributed by atoms with Crippen LogP contribution in [0.1, 0.15) is 13.3 Å². The molecule has 0 amide bonds. The van der Waals surface area contributed by atoms with E-state index in [1.165, 1.54) is 0 Å². The summed E-state index contributed by atoms with van der Waals surface area (Å²) in [6.07, 6.45) is 5.88. The number of hydrogen-bond donors (Lipinski definition) is 1. The van der Waals surface area contributed by atoms with Crippen LogP contribution >= 0.6 is 11.3 Å². The van der Waals surface area contributed by atoms with E-state index in [1.54, 1.807) is 35.3 Å². The van der Waals surface area contributed by atoms with Crippen molar-refractivity contribution in [3.8, 4) is 0 Å². The predicted molar refractivity (Wildman–Crippen MR) is 93.8 cm³/mol. The van der Waals surface area contributed by atoms with Crippen LogP contribution in [0.5, 0.6) is 0 Å². The van der Waals surface area contributed by atoms with Crippen LogP contribution in [0.25, 0.3) is 10.2 Å². The maximum Gasteiger partial charge on any atom is 0.308 e. The van der Waals surface area contributed by atoms with Crippen LogP contribution in [0.4, 0.5) is 0 Å². The van der Waals surface area contributed by atoms with E-state index in [0.717, 1.165) is 16.9 Å². The molecule has 0 saturated carbocycles. The highest BCUT2D eigenvalue weighted by Crippen LogP contribution is 2.21. The molecule has 1 N–H and O–H groups in total. The van der Waals surface area contributed by atoms with Crippen LogP contribution in [0.3, 0.4) is 0 Å². The Bertz CT molecular complexity index is 988. The van der Waals surface area contributed by atoms with Gasteiger partial charge in [-0.15, -0.1) is 0 Å². The molecule has 0 saturated heterocycles. The summed E-state index contributed by atoms with van der Waals surface area (Å²) in [6.45, 7) is 3.49. The molecule has 3 aromatic rings. The van der Waals surface area contributed by atoms with Crippen molar-refractivity contribution in [3.63, 3.8) is 0 Å². The van der Waals surface area contributed by atoms with E-state index in [-0.39, 0.29) is 9.77 Å². The third-order valence-electron chi connectivity index (χ3n) is 3.71. The number of thiazole rings is 1. The minimum atomic E-state index is -3.58. The number of sulfonamides is 1. The number of imidazole rings is 1. The van der Waals surface area contributed by atoms with Gasteiger partial charge in [0.15, 0.2) is 0 Å². The standard InChI is InChI=1S/C15H18N4O3S2/c1-2-19-13-5-4-12(10-14(13)23-15(19)20)24(21,22)17-6-3-8-18-9-7-16-11-18/h4-5,7,9-11,17H,2-3,6,8H2,1H3. The second-order valence-corrected chi connectivity index (χ2v) is 8.05. The minimum absolute atomic E-state index is 0.0738. The lowest BCUT2D eigenvalue weighted by molar-refractivity contribution is 0.570. The van der Waals surface area contributed by atoms with Gasteiger partial charge in [0.05, 0.1) is 21.4 Å². The largest absolute Gasteiger partial charge is 0.337 e. The van der Waals surface area contributed by atoms with E-state index < -0.39 is 10.0 Å². The first kappa shape index (κ1) is 16.9. The number of fused-ring (bicyclic) bond motifs is 1. The van der Waals surface area contributed by atoms with Crippen molar-refractivity contribution in [2.45, 2.75) is 31.3 Å². The van der Waals surface area contributed by atoms with E-state index >= 15 is 0 Å². The zero-order chi connectivity index (χ0) is 17.2. The second-order valence-electron chi connectivity index (χ2n) is 5.29. The van der Waals surface area contributed by atoms with E-state index in [0.29, 0.717) is 30.8 Å². The fourth-order valence-corrected chi connectivity index (χ4v) is 4.65. The zero-order valence-corrected chi connectivity index (χ0v) is 14.8. The van der Waals surface area contributed by atoms with Gasteiger partial charge in [0.2, 0.25) is 10.0 Å². The van der Waals surface area contributed by atoms with Crippen LogP contribution in [0, 0.1) is 0 Å². The van der Waals surface area contributed by atoms with Crippen LogP contribution in [0.15, 0.2) is 46.6 Å². The van der Waals surface area contributed by atoms with Gasteiger partial charge >= 0.3 is 4.87 Å². The molecule has 0 aliphatic heterocycles. The number of rotatable bonds is 7. The number of aryl methyl sites for hydroxylation is 2. The number of nitrogens with zero attached hydrogens (tertiary/aromatic N) is 3. The summed E-state index contributed by atoms with van der Waals surface area (Å²) in [6, 6.07) is 4.79. The maximum atomic E-state index is 12.4. The fraction of sp³-hybridized carbons (Fsp3) is 0.333. The lowest BCUT2D eigenvalue weighted by Gasteiger charge is -2.07. The Balaban J connectivity index is 1.72. The molecular formula is C15H18N4O3S2. The van der Waals surface area contributed by atoms with Crippen molar-refractivity contribution in [1.29, 1.82) is 0 Å². The molecule has 0 atom stereocenters. The highest BCUT2D eigenvalue weighted by molar-refractivity contribution is 7.89. The first-order valence-corrected chi connectivity index (χ1v) is 9.90. The SMILES string of the molecule is CCn1c(=O)sc2cc(S(=O)(=O)NCCCn3ccnc3)ccc21. The smallest absolute Gasteiger partial charge is 0.308 e. The number of hydrogen-bond acceptors (Lipinski definition) is 5. The molecule has 24 heavy (non-hydrogen) atoms. The Hall–Kier alpha value is -1.97. The van der Waals surface area contributed by atoms with Gasteiger partial charge in [0.1, 0.15) is 0 Å². The number of aromatic nitrogens is 3. The summed E-state index contributed by atoms with van der Waals surface area (Å²) in [5.74, 6) is 0. The van der Waals surface area contributed by atoms with Gasteiger partial charge in [-0.3, -0.25) is 9.36 Å². The monoisotopic (exact) mass is 366 g/mol. The third kappa shape index (κ3) is 3.42. The van der Waals surface area contributed by atoms with Crippen LogP contribution < -0.4 is 9.60 Å². The third-order valence-corrected chi connectivity index (χ3v) is 6.11. The van der Waals surface area contributed by atoms with Crippen molar-refractivity contribution >= 4 is 31.6 Å². The lowest BCUT2D eigenvalue weighted by atomic mass is 10.3. The summed E-state index contributed by atoms with van der Waals surface area (Å²) in [5, 5.41) is 0. The van der Waals surface area contributed by atoms with Gasteiger partial charge in [-0.25, -0.2) is 18.1 Å². The zero-order valence-electron chi connectivity index (χ0n) is 13.2. The second kappa shape index (κ2) is 6.88. The molecule has 0 aliphatic carbocycles. The van der Waals surface area contributed by atoms with Crippen molar-refractivity contribution in [3.05, 3.63) is 46.6 Å². The van der Waals surface area contributed by atoms with Gasteiger partial charge in [0, 0.05) is 32.0 Å². The molecule has 0 spiro atoms. The molecule has 0 radical (unpaired) electrons. The topological polar surface area (TPSA) is 86.0 Å². The maximum absolute atomic E-state index is 12.4. The number of nitrogens with one attached hydrogen (secondary N) is 1. The van der Waals surface area contributed by atoms with E-state index in [9.17, 15) is 13.2 Å². The van der Waals surface area contributed by atoms with Gasteiger partial charge in [-0.1, -0.05) is 11.3 Å². The molecule has 0 fully saturated rings. The highest BCUT2D eigenvalue weighted by Gasteiger charge is 2.16. The molecular weight excluding hydrogens is 348 g/mol. The first-order chi connectivity index (χ1) is 11.5.